The van der Waals surface area contributed by atoms with Crippen LogP contribution in [0.15, 0.2) is 36.4 Å². The minimum Gasteiger partial charge on any atom is -0.334 e. The molecule has 0 aromatic heterocycles. The smallest absolute Gasteiger partial charge is 0.261 e. The van der Waals surface area contributed by atoms with Crippen molar-refractivity contribution in [2.75, 3.05) is 13.1 Å². The van der Waals surface area contributed by atoms with Gasteiger partial charge in [-0.05, 0) is 65.6 Å². The molecule has 0 radical (unpaired) electrons. The molecule has 3 amide bonds. The van der Waals surface area contributed by atoms with E-state index < -0.39 is 23.6 Å². The van der Waals surface area contributed by atoms with Gasteiger partial charge in [0.1, 0.15) is 0 Å². The molecular weight excluding hydrogens is 505 g/mol. The summed E-state index contributed by atoms with van der Waals surface area (Å²) in [7, 11) is 0. The van der Waals surface area contributed by atoms with E-state index in [1.807, 2.05) is 29.5 Å². The van der Waals surface area contributed by atoms with Crippen molar-refractivity contribution < 1.29 is 23.2 Å². The summed E-state index contributed by atoms with van der Waals surface area (Å²) in [4.78, 5) is 41.6. The van der Waals surface area contributed by atoms with Crippen LogP contribution in [0.25, 0.3) is 0 Å². The number of hydrogen-bond acceptors (Lipinski definition) is 3. The van der Waals surface area contributed by atoms with Crippen LogP contribution in [0.1, 0.15) is 50.8 Å². The lowest BCUT2D eigenvalue weighted by atomic mass is 9.89. The fraction of sp³-hybridized carbons (Fsp3) is 0.318. The molecule has 2 aliphatic heterocycles. The van der Waals surface area contributed by atoms with Gasteiger partial charge >= 0.3 is 0 Å². The molecule has 30 heavy (non-hydrogen) atoms. The Hall–Kier alpha value is -2.36. The molecule has 0 bridgehead atoms. The Bertz CT molecular complexity index is 1020. The summed E-state index contributed by atoms with van der Waals surface area (Å²) in [5, 5.41) is 0. The highest BCUT2D eigenvalue weighted by molar-refractivity contribution is 14.1. The molecule has 2 aliphatic rings. The van der Waals surface area contributed by atoms with Crippen LogP contribution in [0.3, 0.4) is 0 Å². The number of piperidine rings is 1. The van der Waals surface area contributed by atoms with Crippen molar-refractivity contribution in [2.24, 2.45) is 5.92 Å². The molecular formula is C22H19F2IN2O3. The molecule has 8 heteroatoms. The highest BCUT2D eigenvalue weighted by Gasteiger charge is 2.41. The van der Waals surface area contributed by atoms with Crippen molar-refractivity contribution in [1.82, 2.24) is 9.80 Å². The number of nitrogens with zero attached hydrogens (tertiary/aromatic N) is 2. The molecule has 0 N–H and O–H groups in total. The number of amides is 3. The van der Waals surface area contributed by atoms with Crippen LogP contribution < -0.4 is 0 Å². The summed E-state index contributed by atoms with van der Waals surface area (Å²) in [5.41, 5.74) is 0.800. The van der Waals surface area contributed by atoms with E-state index in [0.29, 0.717) is 21.2 Å². The highest BCUT2D eigenvalue weighted by atomic mass is 127. The van der Waals surface area contributed by atoms with Crippen LogP contribution in [0.4, 0.5) is 8.78 Å². The van der Waals surface area contributed by atoms with Gasteiger partial charge in [-0.2, -0.15) is 0 Å². The first-order valence-corrected chi connectivity index (χ1v) is 10.8. The topological polar surface area (TPSA) is 57.7 Å². The van der Waals surface area contributed by atoms with Crippen LogP contribution in [0, 0.1) is 21.1 Å². The predicted octanol–water partition coefficient (Wildman–Crippen LogP) is 4.11. The zero-order valence-electron chi connectivity index (χ0n) is 16.2. The summed E-state index contributed by atoms with van der Waals surface area (Å²) in [6.45, 7) is 2.46. The Morgan fingerprint density at radius 3 is 2.33 bits per heavy atom. The maximum atomic E-state index is 13.8. The molecule has 0 spiro atoms. The van der Waals surface area contributed by atoms with Gasteiger partial charge in [-0.25, -0.2) is 8.78 Å². The Labute approximate surface area is 186 Å². The summed E-state index contributed by atoms with van der Waals surface area (Å²) >= 11 is 1.81. The lowest BCUT2D eigenvalue weighted by Crippen LogP contribution is -2.54. The second kappa shape index (κ2) is 8.05. The fourth-order valence-electron chi connectivity index (χ4n) is 4.21. The number of halogens is 3. The summed E-state index contributed by atoms with van der Waals surface area (Å²) in [5.74, 6) is -3.22. The standard InChI is InChI=1S/C22H19F2IN2O3/c1-12-5-4-8-26(22(30)15-9-16(23)17(24)10-18(15)25)19(12)11-27-20(28)13-6-2-3-7-14(13)21(27)29/h2-3,6-7,9-10,12,19H,4-5,8,11H2,1H3/t12-,19?/m1/s1. The Morgan fingerprint density at radius 1 is 1.10 bits per heavy atom. The molecule has 2 aromatic rings. The Morgan fingerprint density at radius 2 is 1.70 bits per heavy atom. The third kappa shape index (κ3) is 3.51. The van der Waals surface area contributed by atoms with Gasteiger partial charge in [0, 0.05) is 10.1 Å². The molecule has 1 saturated heterocycles. The van der Waals surface area contributed by atoms with Crippen molar-refractivity contribution in [2.45, 2.75) is 25.8 Å². The van der Waals surface area contributed by atoms with E-state index >= 15 is 0 Å². The molecule has 4 rings (SSSR count). The quantitative estimate of drug-likeness (QED) is 0.345. The van der Waals surface area contributed by atoms with E-state index in [0.717, 1.165) is 25.0 Å². The van der Waals surface area contributed by atoms with Gasteiger partial charge in [-0.3, -0.25) is 19.3 Å². The molecule has 156 valence electrons. The van der Waals surface area contributed by atoms with Crippen molar-refractivity contribution >= 4 is 40.3 Å². The van der Waals surface area contributed by atoms with Crippen LogP contribution >= 0.6 is 22.6 Å². The van der Waals surface area contributed by atoms with Crippen LogP contribution in [-0.2, 0) is 0 Å². The summed E-state index contributed by atoms with van der Waals surface area (Å²) in [6, 6.07) is 8.15. The summed E-state index contributed by atoms with van der Waals surface area (Å²) in [6.07, 6.45) is 1.60. The number of benzene rings is 2. The minimum atomic E-state index is -1.08. The summed E-state index contributed by atoms with van der Waals surface area (Å²) < 4.78 is 27.6. The van der Waals surface area contributed by atoms with Crippen molar-refractivity contribution in [3.05, 3.63) is 68.3 Å². The van der Waals surface area contributed by atoms with E-state index in [2.05, 4.69) is 0 Å². The first kappa shape index (κ1) is 20.9. The predicted molar refractivity (Wildman–Crippen MR) is 114 cm³/mol. The zero-order valence-corrected chi connectivity index (χ0v) is 18.4. The largest absolute Gasteiger partial charge is 0.334 e. The second-order valence-corrected chi connectivity index (χ2v) is 8.86. The molecule has 2 heterocycles. The SMILES string of the molecule is C[C@@H]1CCCN(C(=O)c2cc(F)c(F)cc2I)C1CN1C(=O)c2ccccc2C1=O. The van der Waals surface area contributed by atoms with Gasteiger partial charge in [-0.15, -0.1) is 0 Å². The highest BCUT2D eigenvalue weighted by Crippen LogP contribution is 2.30. The number of fused-ring (bicyclic) bond motifs is 1. The molecule has 2 atom stereocenters. The van der Waals surface area contributed by atoms with Crippen molar-refractivity contribution in [3.8, 4) is 0 Å². The fourth-order valence-corrected chi connectivity index (χ4v) is 4.87. The number of carbonyl (C=O) groups excluding carboxylic acids is 3. The number of hydrogen-bond donors (Lipinski definition) is 0. The van der Waals surface area contributed by atoms with Crippen LogP contribution in [-0.4, -0.2) is 46.7 Å². The molecule has 0 saturated carbocycles. The number of imide groups is 1. The average Bonchev–Trinajstić information content (AvgIpc) is 2.96. The van der Waals surface area contributed by atoms with Crippen molar-refractivity contribution in [3.63, 3.8) is 0 Å². The first-order chi connectivity index (χ1) is 14.3. The zero-order chi connectivity index (χ0) is 21.6. The van der Waals surface area contributed by atoms with Gasteiger partial charge < -0.3 is 4.90 Å². The molecule has 5 nitrogen and oxygen atoms in total. The van der Waals surface area contributed by atoms with Crippen molar-refractivity contribution in [1.29, 1.82) is 0 Å². The second-order valence-electron chi connectivity index (χ2n) is 7.70. The third-order valence-corrected chi connectivity index (χ3v) is 6.76. The molecule has 1 fully saturated rings. The normalized spacial score (nSPS) is 21.2. The molecule has 2 aromatic carbocycles. The number of rotatable bonds is 3. The van der Waals surface area contributed by atoms with Crippen LogP contribution in [0.2, 0.25) is 0 Å². The van der Waals surface area contributed by atoms with Gasteiger partial charge in [0.25, 0.3) is 17.7 Å². The number of likely N-dealkylation sites (tertiary alicyclic amines) is 1. The molecule has 1 unspecified atom stereocenters. The average molecular weight is 524 g/mol. The Balaban J connectivity index is 1.63. The lowest BCUT2D eigenvalue weighted by molar-refractivity contribution is 0.0368. The minimum absolute atomic E-state index is 0.0370. The maximum Gasteiger partial charge on any atom is 0.261 e. The van der Waals surface area contributed by atoms with Gasteiger partial charge in [0.15, 0.2) is 11.6 Å². The van der Waals surface area contributed by atoms with E-state index in [1.54, 1.807) is 29.2 Å². The van der Waals surface area contributed by atoms with Gasteiger partial charge in [0.05, 0.1) is 29.3 Å². The number of carbonyl (C=O) groups is 3. The monoisotopic (exact) mass is 524 g/mol. The Kier molecular flexibility index (Phi) is 5.61. The van der Waals surface area contributed by atoms with E-state index in [1.165, 1.54) is 4.90 Å². The van der Waals surface area contributed by atoms with Gasteiger partial charge in [0.2, 0.25) is 0 Å². The maximum absolute atomic E-state index is 13.8. The third-order valence-electron chi connectivity index (χ3n) is 5.86. The van der Waals surface area contributed by atoms with Crippen LogP contribution in [0.5, 0.6) is 0 Å². The first-order valence-electron chi connectivity index (χ1n) is 9.70. The van der Waals surface area contributed by atoms with Gasteiger partial charge in [-0.1, -0.05) is 19.1 Å². The van der Waals surface area contributed by atoms with E-state index in [-0.39, 0.29) is 29.8 Å². The molecule has 0 aliphatic carbocycles. The lowest BCUT2D eigenvalue weighted by Gasteiger charge is -2.41. The van der Waals surface area contributed by atoms with E-state index in [9.17, 15) is 23.2 Å². The van der Waals surface area contributed by atoms with E-state index in [4.69, 9.17) is 0 Å².